The summed E-state index contributed by atoms with van der Waals surface area (Å²) in [5.74, 6) is -1.04. The number of anilines is 4. The molecule has 10 rings (SSSR count). The molecule has 5 aromatic rings. The third-order valence-corrected chi connectivity index (χ3v) is 14.4. The summed E-state index contributed by atoms with van der Waals surface area (Å²) in [5.41, 5.74) is 2.40. The number of nitrogens with zero attached hydrogens (tertiary/aromatic N) is 4. The Balaban J connectivity index is 0.657. The average Bonchev–Trinajstić information content (AvgIpc) is 3.94. The van der Waals surface area contributed by atoms with Gasteiger partial charge in [0.1, 0.15) is 28.5 Å². The highest BCUT2D eigenvalue weighted by atomic mass is 19.1. The second-order valence-corrected chi connectivity index (χ2v) is 19.0. The number of halogens is 2. The number of rotatable bonds is 15. The molecule has 5 amide bonds. The van der Waals surface area contributed by atoms with Gasteiger partial charge in [-0.2, -0.15) is 0 Å². The van der Waals surface area contributed by atoms with Crippen LogP contribution < -0.4 is 30.9 Å². The van der Waals surface area contributed by atoms with E-state index >= 15 is 4.39 Å². The van der Waals surface area contributed by atoms with Gasteiger partial charge in [-0.1, -0.05) is 12.1 Å². The predicted molar refractivity (Wildman–Crippen MR) is 253 cm³/mol. The topological polar surface area (TPSA) is 165 Å². The molecule has 14 nitrogen and oxygen atoms in total. The number of likely N-dealkylation sites (tertiary alicyclic amines) is 2. The molecule has 1 aliphatic carbocycles. The second kappa shape index (κ2) is 19.1. The fourth-order valence-corrected chi connectivity index (χ4v) is 10.4. The maximum absolute atomic E-state index is 15.9. The number of pyridine rings is 1. The van der Waals surface area contributed by atoms with Gasteiger partial charge in [0.2, 0.25) is 29.5 Å². The molecule has 5 heterocycles. The first-order chi connectivity index (χ1) is 33.0. The lowest BCUT2D eigenvalue weighted by Gasteiger charge is -2.39. The number of piperidine rings is 2. The largest absolute Gasteiger partial charge is 0.457 e. The Bertz CT molecular complexity index is 2730. The Morgan fingerprint density at radius 1 is 0.779 bits per heavy atom. The van der Waals surface area contributed by atoms with Crippen molar-refractivity contribution in [1.29, 1.82) is 0 Å². The first-order valence-electron chi connectivity index (χ1n) is 23.7. The van der Waals surface area contributed by atoms with E-state index in [1.807, 2.05) is 24.3 Å². The van der Waals surface area contributed by atoms with Crippen LogP contribution in [-0.4, -0.2) is 95.7 Å². The number of carbonyl (C=O) groups excluding carboxylic acids is 5. The first kappa shape index (κ1) is 45.0. The van der Waals surface area contributed by atoms with Crippen LogP contribution >= 0.6 is 0 Å². The molecule has 4 aromatic carbocycles. The molecule has 5 aliphatic rings. The zero-order valence-electron chi connectivity index (χ0n) is 37.6. The van der Waals surface area contributed by atoms with Crippen LogP contribution in [-0.2, 0) is 24.0 Å². The molecule has 68 heavy (non-hydrogen) atoms. The molecule has 1 unspecified atom stereocenters. The van der Waals surface area contributed by atoms with E-state index in [-0.39, 0.29) is 29.5 Å². The normalized spacial score (nSPS) is 21.4. The van der Waals surface area contributed by atoms with Gasteiger partial charge in [0.25, 0.3) is 0 Å². The number of benzene rings is 4. The molecule has 16 heteroatoms. The fourth-order valence-electron chi connectivity index (χ4n) is 10.4. The molecule has 0 radical (unpaired) electrons. The van der Waals surface area contributed by atoms with E-state index in [4.69, 9.17) is 4.74 Å². The molecule has 4 N–H and O–H groups in total. The summed E-state index contributed by atoms with van der Waals surface area (Å²) >= 11 is 0. The van der Waals surface area contributed by atoms with Gasteiger partial charge in [0.05, 0.1) is 17.1 Å². The first-order valence-corrected chi connectivity index (χ1v) is 23.7. The number of fused-ring (bicyclic) bond motifs is 3. The van der Waals surface area contributed by atoms with Crippen LogP contribution in [0.4, 0.5) is 31.5 Å². The fraction of sp³-hybridized carbons (Fsp3) is 0.385. The highest BCUT2D eigenvalue weighted by Gasteiger charge is 2.56. The molecule has 352 valence electrons. The Kier molecular flexibility index (Phi) is 12.6. The summed E-state index contributed by atoms with van der Waals surface area (Å²) < 4.78 is 35.4. The van der Waals surface area contributed by atoms with Gasteiger partial charge in [-0.3, -0.25) is 44.1 Å². The van der Waals surface area contributed by atoms with Crippen molar-refractivity contribution in [2.75, 3.05) is 60.1 Å². The number of aromatic nitrogens is 1. The van der Waals surface area contributed by atoms with Gasteiger partial charge in [-0.15, -0.1) is 0 Å². The molecule has 5 fully saturated rings. The van der Waals surface area contributed by atoms with Crippen LogP contribution in [0.2, 0.25) is 0 Å². The zero-order chi connectivity index (χ0) is 46.9. The van der Waals surface area contributed by atoms with Crippen molar-refractivity contribution in [1.82, 2.24) is 20.1 Å². The number of amides is 5. The molecular formula is C52H54F2N8O6. The maximum atomic E-state index is 15.9. The van der Waals surface area contributed by atoms with Crippen molar-refractivity contribution < 1.29 is 37.5 Å². The summed E-state index contributed by atoms with van der Waals surface area (Å²) in [6.45, 7) is 5.49. The van der Waals surface area contributed by atoms with Gasteiger partial charge in [0, 0.05) is 86.3 Å². The van der Waals surface area contributed by atoms with Crippen LogP contribution in [0, 0.1) is 23.0 Å². The second-order valence-electron chi connectivity index (χ2n) is 19.0. The van der Waals surface area contributed by atoms with Crippen molar-refractivity contribution in [2.45, 2.75) is 75.8 Å². The number of ether oxygens (including phenoxy) is 1. The van der Waals surface area contributed by atoms with Gasteiger partial charge >= 0.3 is 0 Å². The molecule has 4 saturated heterocycles. The number of carbonyl (C=O) groups is 5. The number of imide groups is 1. The SMILES string of the molecule is O=C1CCC(c2ccc(NC(=O)CCCN3C[C@@H]4C[C@H]3CN4CC3CCN(c4cc5nccc(Oc6ccc(NC(=O)C7(C(=O)Nc8ccc(F)cc8)CC7)cc6)c5cc4F)CC3)cc2)C(=O)N1. The Morgan fingerprint density at radius 2 is 1.43 bits per heavy atom. The lowest BCUT2D eigenvalue weighted by molar-refractivity contribution is -0.134. The molecule has 2 bridgehead atoms. The van der Waals surface area contributed by atoms with Crippen molar-refractivity contribution in [3.8, 4) is 11.5 Å². The molecular weight excluding hydrogens is 871 g/mol. The van der Waals surface area contributed by atoms with Crippen LogP contribution in [0.15, 0.2) is 97.2 Å². The summed E-state index contributed by atoms with van der Waals surface area (Å²) in [5, 5.41) is 11.5. The molecule has 1 saturated carbocycles. The average molecular weight is 925 g/mol. The predicted octanol–water partition coefficient (Wildman–Crippen LogP) is 7.58. The van der Waals surface area contributed by atoms with Gasteiger partial charge in [-0.05, 0) is 142 Å². The standard InChI is InChI=1S/C52H54F2N8O6/c53-34-5-9-36(10-6-34)57-50(66)52(20-21-52)51(67)58-37-11-13-40(14-12-37)68-46-17-22-55-44-28-45(43(54)27-42(44)46)60-24-18-32(19-25-60)29-62-31-38-26-39(62)30-61(38)23-1-2-47(63)56-35-7-3-33(4-8-35)41-15-16-48(64)59-49(41)65/h3-14,17,22,27-28,32,38-39,41H,1-2,15-16,18-21,23-26,29-31H2,(H,56,63)(H,57,66)(H,58,67)(H,59,64,65)/t38-,39-,41?/m0/s1. The van der Waals surface area contributed by atoms with E-state index in [1.54, 1.807) is 42.6 Å². The number of nitrogens with one attached hydrogen (secondary N) is 4. The van der Waals surface area contributed by atoms with E-state index in [9.17, 15) is 28.4 Å². The smallest absolute Gasteiger partial charge is 0.240 e. The van der Waals surface area contributed by atoms with Crippen LogP contribution in [0.1, 0.15) is 69.3 Å². The Hall–Kier alpha value is -6.78. The van der Waals surface area contributed by atoms with Gasteiger partial charge in [0.15, 0.2) is 0 Å². The summed E-state index contributed by atoms with van der Waals surface area (Å²) in [6.07, 6.45) is 7.58. The van der Waals surface area contributed by atoms with Crippen molar-refractivity contribution >= 4 is 63.2 Å². The number of piperazine rings is 1. The maximum Gasteiger partial charge on any atom is 0.240 e. The Labute approximate surface area is 392 Å². The van der Waals surface area contributed by atoms with Crippen LogP contribution in [0.5, 0.6) is 11.5 Å². The highest BCUT2D eigenvalue weighted by molar-refractivity contribution is 6.17. The summed E-state index contributed by atoms with van der Waals surface area (Å²) in [4.78, 5) is 74.5. The Morgan fingerprint density at radius 3 is 2.09 bits per heavy atom. The van der Waals surface area contributed by atoms with E-state index in [0.717, 1.165) is 70.5 Å². The van der Waals surface area contributed by atoms with E-state index in [2.05, 4.69) is 41.0 Å². The van der Waals surface area contributed by atoms with E-state index < -0.39 is 23.0 Å². The van der Waals surface area contributed by atoms with E-state index in [0.29, 0.717) is 95.3 Å². The lowest BCUT2D eigenvalue weighted by Crippen LogP contribution is -2.49. The minimum atomic E-state index is -1.19. The molecule has 0 spiro atoms. The van der Waals surface area contributed by atoms with Crippen LogP contribution in [0.3, 0.4) is 0 Å². The molecule has 4 aliphatic heterocycles. The van der Waals surface area contributed by atoms with Crippen molar-refractivity contribution in [3.05, 3.63) is 114 Å². The highest BCUT2D eigenvalue weighted by Crippen LogP contribution is 2.48. The third kappa shape index (κ3) is 9.79. The minimum absolute atomic E-state index is 0.0295. The van der Waals surface area contributed by atoms with Crippen LogP contribution in [0.25, 0.3) is 10.9 Å². The number of hydrogen-bond acceptors (Lipinski definition) is 10. The molecule has 3 atom stereocenters. The van der Waals surface area contributed by atoms with Crippen molar-refractivity contribution in [2.24, 2.45) is 11.3 Å². The zero-order valence-corrected chi connectivity index (χ0v) is 37.6. The monoisotopic (exact) mass is 924 g/mol. The van der Waals surface area contributed by atoms with Gasteiger partial charge < -0.3 is 25.6 Å². The summed E-state index contributed by atoms with van der Waals surface area (Å²) in [7, 11) is 0. The summed E-state index contributed by atoms with van der Waals surface area (Å²) in [6, 6.07) is 25.5. The lowest BCUT2D eigenvalue weighted by atomic mass is 9.90. The van der Waals surface area contributed by atoms with Crippen molar-refractivity contribution in [3.63, 3.8) is 0 Å². The van der Waals surface area contributed by atoms with Gasteiger partial charge in [-0.25, -0.2) is 8.78 Å². The third-order valence-electron chi connectivity index (χ3n) is 14.4. The van der Waals surface area contributed by atoms with E-state index in [1.165, 1.54) is 30.3 Å². The quantitative estimate of drug-likeness (QED) is 0.0608. The minimum Gasteiger partial charge on any atom is -0.457 e. The number of hydrogen-bond donors (Lipinski definition) is 4. The molecule has 1 aromatic heterocycles.